The highest BCUT2D eigenvalue weighted by Crippen LogP contribution is 2.79. The molecule has 2 saturated carbocycles. The number of aliphatic hydroxyl groups excluding tert-OH is 1. The number of rotatable bonds is 18. The zero-order chi connectivity index (χ0) is 31.2. The fourth-order valence-electron chi connectivity index (χ4n) is 7.75. The van der Waals surface area contributed by atoms with Gasteiger partial charge >= 0.3 is 0 Å². The van der Waals surface area contributed by atoms with Crippen LogP contribution < -0.4 is 14.8 Å². The van der Waals surface area contributed by atoms with Crippen LogP contribution in [-0.2, 0) is 16.0 Å². The molecule has 0 heterocycles. The molecule has 42 heavy (non-hydrogen) atoms. The number of nitrogens with one attached hydrogen (secondary N) is 1. The first-order valence-corrected chi connectivity index (χ1v) is 16.3. The summed E-state index contributed by atoms with van der Waals surface area (Å²) in [6.07, 6.45) is 5.45. The Balaban J connectivity index is 1.57. The number of hydrogen-bond donors (Lipinski definition) is 2. The summed E-state index contributed by atoms with van der Waals surface area (Å²) in [5.74, 6) is 3.02. The highest BCUT2D eigenvalue weighted by atomic mass is 16.5. The zero-order valence-corrected chi connectivity index (χ0v) is 27.9. The van der Waals surface area contributed by atoms with E-state index in [-0.39, 0.29) is 34.6 Å². The minimum Gasteiger partial charge on any atom is -0.493 e. The summed E-state index contributed by atoms with van der Waals surface area (Å²) in [6.45, 7) is 21.1. The van der Waals surface area contributed by atoms with Crippen molar-refractivity contribution in [2.24, 2.45) is 40.4 Å². The third-order valence-electron chi connectivity index (χ3n) is 10.7. The van der Waals surface area contributed by atoms with E-state index in [0.29, 0.717) is 43.8 Å². The van der Waals surface area contributed by atoms with E-state index in [4.69, 9.17) is 14.2 Å². The zero-order valence-electron chi connectivity index (χ0n) is 27.9. The van der Waals surface area contributed by atoms with Crippen LogP contribution in [0.2, 0.25) is 0 Å². The maximum absolute atomic E-state index is 13.6. The Kier molecular flexibility index (Phi) is 12.0. The molecule has 0 radical (unpaired) electrons. The Hall–Kier alpha value is -2.05. The molecule has 1 aromatic carbocycles. The van der Waals surface area contributed by atoms with Crippen molar-refractivity contribution in [3.8, 4) is 11.5 Å². The maximum atomic E-state index is 13.6. The Bertz CT molecular complexity index is 1050. The van der Waals surface area contributed by atoms with Gasteiger partial charge in [-0.1, -0.05) is 73.1 Å². The molecular weight excluding hydrogens is 526 g/mol. The second kappa shape index (κ2) is 14.6. The lowest BCUT2D eigenvalue weighted by molar-refractivity contribution is -0.131. The van der Waals surface area contributed by atoms with E-state index < -0.39 is 6.10 Å². The van der Waals surface area contributed by atoms with Gasteiger partial charge < -0.3 is 24.6 Å². The van der Waals surface area contributed by atoms with Gasteiger partial charge in [0.2, 0.25) is 5.91 Å². The molecule has 1 aromatic rings. The fourth-order valence-corrected chi connectivity index (χ4v) is 7.75. The van der Waals surface area contributed by atoms with Crippen molar-refractivity contribution in [1.82, 2.24) is 5.32 Å². The van der Waals surface area contributed by atoms with E-state index in [2.05, 4.69) is 72.5 Å². The van der Waals surface area contributed by atoms with Crippen LogP contribution in [0.4, 0.5) is 0 Å². The van der Waals surface area contributed by atoms with Gasteiger partial charge in [-0.2, -0.15) is 0 Å². The largest absolute Gasteiger partial charge is 0.493 e. The molecule has 3 rings (SSSR count). The quantitative estimate of drug-likeness (QED) is 0.140. The van der Waals surface area contributed by atoms with Crippen LogP contribution in [-0.4, -0.2) is 50.6 Å². The number of amides is 1. The van der Waals surface area contributed by atoms with Crippen LogP contribution >= 0.6 is 0 Å². The Morgan fingerprint density at radius 3 is 2.33 bits per heavy atom. The third kappa shape index (κ3) is 7.18. The molecule has 1 amide bonds. The van der Waals surface area contributed by atoms with Gasteiger partial charge in [-0.25, -0.2) is 0 Å². The van der Waals surface area contributed by atoms with E-state index in [0.717, 1.165) is 43.6 Å². The minimum absolute atomic E-state index is 0.0539. The van der Waals surface area contributed by atoms with Gasteiger partial charge in [0, 0.05) is 37.5 Å². The lowest BCUT2D eigenvalue weighted by Gasteiger charge is -2.48. The number of carbonyl (C=O) groups excluding carboxylic acids is 1. The molecule has 0 aromatic heterocycles. The fraction of sp³-hybridized carbons (Fsp3) is 0.750. The molecule has 0 bridgehead atoms. The van der Waals surface area contributed by atoms with Crippen LogP contribution in [0.1, 0.15) is 92.6 Å². The SMILES string of the molecule is C=C1C(C)(C)C12C(CC)CC2NC(=O)C(C[C@H](O)CCC(Cc1ccc(OC)c(OCCCOC)c1)C(C)C)C(C)C. The van der Waals surface area contributed by atoms with Gasteiger partial charge in [0.25, 0.3) is 0 Å². The highest BCUT2D eigenvalue weighted by Gasteiger charge is 2.77. The molecule has 6 atom stereocenters. The second-order valence-corrected chi connectivity index (χ2v) is 14.1. The van der Waals surface area contributed by atoms with Crippen molar-refractivity contribution in [3.05, 3.63) is 35.9 Å². The summed E-state index contributed by atoms with van der Waals surface area (Å²) in [5.41, 5.74) is 2.64. The first kappa shape index (κ1) is 34.4. The summed E-state index contributed by atoms with van der Waals surface area (Å²) >= 11 is 0. The van der Waals surface area contributed by atoms with Crippen LogP contribution in [0.5, 0.6) is 11.5 Å². The predicted molar refractivity (Wildman–Crippen MR) is 171 cm³/mol. The lowest BCUT2D eigenvalue weighted by Crippen LogP contribution is -2.57. The predicted octanol–water partition coefficient (Wildman–Crippen LogP) is 7.23. The van der Waals surface area contributed by atoms with Crippen LogP contribution in [0, 0.1) is 40.4 Å². The number of ether oxygens (including phenoxy) is 3. The number of benzene rings is 1. The number of carbonyl (C=O) groups is 1. The van der Waals surface area contributed by atoms with Crippen LogP contribution in [0.15, 0.2) is 30.4 Å². The summed E-state index contributed by atoms with van der Waals surface area (Å²) in [5, 5.41) is 14.6. The molecule has 2 aliphatic rings. The maximum Gasteiger partial charge on any atom is 0.223 e. The van der Waals surface area contributed by atoms with E-state index >= 15 is 0 Å². The second-order valence-electron chi connectivity index (χ2n) is 14.1. The molecule has 238 valence electrons. The van der Waals surface area contributed by atoms with Crippen molar-refractivity contribution < 1.29 is 24.1 Å². The third-order valence-corrected chi connectivity index (χ3v) is 10.7. The topological polar surface area (TPSA) is 77.0 Å². The van der Waals surface area contributed by atoms with Crippen molar-refractivity contribution in [2.45, 2.75) is 106 Å². The molecule has 0 saturated heterocycles. The van der Waals surface area contributed by atoms with E-state index in [1.54, 1.807) is 14.2 Å². The average Bonchev–Trinajstić information content (AvgIpc) is 3.42. The molecular formula is C36H59NO5. The normalized spacial score (nSPS) is 24.8. The molecule has 5 unspecified atom stereocenters. The minimum atomic E-state index is -0.508. The number of hydrogen-bond acceptors (Lipinski definition) is 5. The monoisotopic (exact) mass is 585 g/mol. The standard InChI is InChI=1S/C36H59NO5/c1-11-28-21-33(36(28)25(6)35(36,7)8)37-34(39)30(24(4)5)22-29(38)15-14-27(23(2)3)19-26-13-16-31(41-10)32(20-26)42-18-12-17-40-9/h13,16,20,23-24,27-30,33,38H,6,11-12,14-15,17-19,21-22H2,1-5,7-10H3,(H,37,39)/t27?,28?,29-,30?,33?,36?/m1/s1. The van der Waals surface area contributed by atoms with Gasteiger partial charge in [0.05, 0.1) is 19.8 Å². The van der Waals surface area contributed by atoms with Crippen molar-refractivity contribution in [1.29, 1.82) is 0 Å². The summed E-state index contributed by atoms with van der Waals surface area (Å²) in [7, 11) is 3.36. The van der Waals surface area contributed by atoms with E-state index in [1.165, 1.54) is 11.1 Å². The lowest BCUT2D eigenvalue weighted by atomic mass is 9.61. The molecule has 0 aliphatic heterocycles. The smallest absolute Gasteiger partial charge is 0.223 e. The van der Waals surface area contributed by atoms with Gasteiger partial charge in [0.1, 0.15) is 0 Å². The van der Waals surface area contributed by atoms with Gasteiger partial charge in [-0.3, -0.25) is 4.79 Å². The van der Waals surface area contributed by atoms with Gasteiger partial charge in [0.15, 0.2) is 11.5 Å². The number of aliphatic hydroxyl groups is 1. The summed E-state index contributed by atoms with van der Waals surface area (Å²) in [4.78, 5) is 13.6. The summed E-state index contributed by atoms with van der Waals surface area (Å²) in [6, 6.07) is 6.34. The molecule has 1 spiro atoms. The van der Waals surface area contributed by atoms with Crippen molar-refractivity contribution >= 4 is 5.91 Å². The van der Waals surface area contributed by atoms with Gasteiger partial charge in [-0.05, 0) is 78.9 Å². The Morgan fingerprint density at radius 2 is 1.79 bits per heavy atom. The first-order chi connectivity index (χ1) is 19.8. The van der Waals surface area contributed by atoms with Crippen LogP contribution in [0.25, 0.3) is 0 Å². The van der Waals surface area contributed by atoms with Crippen molar-refractivity contribution in [2.75, 3.05) is 27.4 Å². The van der Waals surface area contributed by atoms with E-state index in [1.807, 2.05) is 6.07 Å². The Labute approximate surface area is 256 Å². The van der Waals surface area contributed by atoms with E-state index in [9.17, 15) is 9.90 Å². The molecule has 6 nitrogen and oxygen atoms in total. The molecule has 2 N–H and O–H groups in total. The molecule has 6 heteroatoms. The summed E-state index contributed by atoms with van der Waals surface area (Å²) < 4.78 is 16.6. The molecule has 2 aliphatic carbocycles. The van der Waals surface area contributed by atoms with Gasteiger partial charge in [-0.15, -0.1) is 0 Å². The Morgan fingerprint density at radius 1 is 1.10 bits per heavy atom. The average molecular weight is 586 g/mol. The first-order valence-electron chi connectivity index (χ1n) is 16.3. The van der Waals surface area contributed by atoms with Crippen LogP contribution in [0.3, 0.4) is 0 Å². The molecule has 2 fully saturated rings. The highest BCUT2D eigenvalue weighted by molar-refractivity contribution is 5.80. The number of methoxy groups -OCH3 is 2. The van der Waals surface area contributed by atoms with Crippen molar-refractivity contribution in [3.63, 3.8) is 0 Å².